The molecule has 13 rings (SSSR count). The van der Waals surface area contributed by atoms with Crippen molar-refractivity contribution in [1.29, 1.82) is 0 Å². The van der Waals surface area contributed by atoms with Crippen molar-refractivity contribution >= 4 is 68.2 Å². The van der Waals surface area contributed by atoms with Gasteiger partial charge in [0.25, 0.3) is 0 Å². The van der Waals surface area contributed by atoms with E-state index in [2.05, 4.69) is 465 Å². The Morgan fingerprint density at radius 2 is 0.312 bits per heavy atom. The number of benzene rings is 12. The Balaban J connectivity index is 1.23. The fraction of sp³-hybridized carbons (Fsp3) is 0.314. The number of hydrogen-bond donors (Lipinski definition) is 0. The molecule has 0 fully saturated rings. The summed E-state index contributed by atoms with van der Waals surface area (Å²) in [7, 11) is 0. The third-order valence-corrected chi connectivity index (χ3v) is 22.6. The largest absolute Gasteiger partial charge is 0.310 e. The van der Waals surface area contributed by atoms with Crippen LogP contribution in [0.4, 0.5) is 68.2 Å². The highest BCUT2D eigenvalue weighted by molar-refractivity contribution is 5.93. The average molecular weight is 1440 g/mol. The predicted molar refractivity (Wildman–Crippen MR) is 472 cm³/mol. The van der Waals surface area contributed by atoms with E-state index in [1.807, 2.05) is 0 Å². The van der Waals surface area contributed by atoms with Gasteiger partial charge in [-0.15, -0.1) is 0 Å². The predicted octanol–water partition coefficient (Wildman–Crippen LogP) is 30.3. The molecule has 1 aliphatic rings. The van der Waals surface area contributed by atoms with Crippen molar-refractivity contribution in [2.45, 2.75) is 215 Å². The molecule has 1 aliphatic carbocycles. The Bertz CT molecular complexity index is 4350. The Hall–Kier alpha value is -10.2. The molecule has 12 aromatic carbocycles. The molecule has 0 radical (unpaired) electrons. The zero-order valence-corrected chi connectivity index (χ0v) is 69.8. The summed E-state index contributed by atoms with van der Waals surface area (Å²) in [5.41, 5.74) is 28.4. The molecule has 0 heterocycles. The Labute approximate surface area is 655 Å². The number of hydrogen-bond acceptors (Lipinski definition) is 4. The Morgan fingerprint density at radius 1 is 0.165 bits per heavy atom. The summed E-state index contributed by atoms with van der Waals surface area (Å²) < 4.78 is 0. The van der Waals surface area contributed by atoms with Crippen molar-refractivity contribution in [3.8, 4) is 11.1 Å². The lowest BCUT2D eigenvalue weighted by molar-refractivity contribution is 0.590. The van der Waals surface area contributed by atoms with E-state index in [0.29, 0.717) is 0 Å². The number of anilines is 12. The smallest absolute Gasteiger partial charge is 0.0716 e. The topological polar surface area (TPSA) is 13.0 Å². The molecule has 0 N–H and O–H groups in total. The van der Waals surface area contributed by atoms with E-state index in [1.165, 1.54) is 66.8 Å². The first-order valence-corrected chi connectivity index (χ1v) is 39.6. The maximum Gasteiger partial charge on any atom is 0.0716 e. The molecule has 0 aromatic heterocycles. The minimum Gasteiger partial charge on any atom is -0.310 e. The maximum absolute atomic E-state index is 2.55. The van der Waals surface area contributed by atoms with E-state index in [4.69, 9.17) is 0 Å². The van der Waals surface area contributed by atoms with Gasteiger partial charge in [0.15, 0.2) is 0 Å². The maximum atomic E-state index is 2.55. The quantitative estimate of drug-likeness (QED) is 0.108. The molecule has 558 valence electrons. The molecule has 0 unspecified atom stereocenters. The Morgan fingerprint density at radius 3 is 0.459 bits per heavy atom. The lowest BCUT2D eigenvalue weighted by Crippen LogP contribution is -2.30. The van der Waals surface area contributed by atoms with Crippen LogP contribution < -0.4 is 19.6 Å². The molecule has 109 heavy (non-hydrogen) atoms. The molecular weight excluding hydrogens is 1320 g/mol. The molecule has 0 spiro atoms. The molecule has 0 saturated carbocycles. The highest BCUT2D eigenvalue weighted by Gasteiger charge is 2.48. The molecule has 0 aliphatic heterocycles. The van der Waals surface area contributed by atoms with E-state index >= 15 is 0 Å². The van der Waals surface area contributed by atoms with Gasteiger partial charge in [-0.05, 0) is 255 Å². The molecule has 0 amide bonds. The highest BCUT2D eigenvalue weighted by Crippen LogP contribution is 2.60. The van der Waals surface area contributed by atoms with Crippen molar-refractivity contribution in [3.05, 3.63) is 346 Å². The fourth-order valence-corrected chi connectivity index (χ4v) is 15.8. The lowest BCUT2D eigenvalue weighted by atomic mass is 9.67. The molecule has 4 heteroatoms. The van der Waals surface area contributed by atoms with Crippen molar-refractivity contribution in [1.82, 2.24) is 0 Å². The molecule has 0 bridgehead atoms. The summed E-state index contributed by atoms with van der Waals surface area (Å²) in [5, 5.41) is 0. The van der Waals surface area contributed by atoms with Gasteiger partial charge in [0, 0.05) is 68.2 Å². The van der Waals surface area contributed by atoms with Gasteiger partial charge in [-0.2, -0.15) is 0 Å². The van der Waals surface area contributed by atoms with E-state index in [0.717, 1.165) is 79.4 Å². The average Bonchev–Trinajstić information content (AvgIpc) is 1.54. The van der Waals surface area contributed by atoms with E-state index < -0.39 is 5.41 Å². The SMILES string of the molecule is CC(C)(C)c1ccc(N(c2ccc(C(C)(C)C)cc2)c2cc(N(c3ccc(C(C)(C)C)cc3)c3ccc(C(C)(C)C)cc3)cc(C3(c4cc(N(c5ccc(C(C)(C)C)cc5)c5ccc(C(C)(C)C)cc5)cc(N(c5ccc(C(C)(C)C)cc5)c5ccc(C(C)(C)C)cc5)c4)c4ccccc4-c4ccccc43)c2)cc1. The third-order valence-electron chi connectivity index (χ3n) is 22.6. The van der Waals surface area contributed by atoms with E-state index in [1.54, 1.807) is 0 Å². The summed E-state index contributed by atoms with van der Waals surface area (Å²) in [6, 6.07) is 109. The van der Waals surface area contributed by atoms with Gasteiger partial charge >= 0.3 is 0 Å². The molecule has 12 aromatic rings. The standard InChI is InChI=1S/C105H118N4/c1-97(2,3)71-33-49-81(50-34-71)106(82-51-35-72(36-52-82)98(4,5)6)89-65-79(66-90(69-89)107(83-53-37-73(38-54-83)99(7,8)9)84-55-39-74(40-56-84)100(10,11)12)105(95-31-27-25-29-93(95)94-30-26-28-32-96(94)105)80-67-91(108(85-57-41-75(42-58-85)101(13,14)15)86-59-43-76(44-60-86)102(16,17)18)70-92(68-80)109(87-61-45-77(46-62-87)103(19,20)21)88-63-47-78(48-64-88)104(22,23)24/h25-70H,1-24H3. The molecule has 4 nitrogen and oxygen atoms in total. The van der Waals surface area contributed by atoms with Gasteiger partial charge in [0.05, 0.1) is 5.41 Å². The van der Waals surface area contributed by atoms with Gasteiger partial charge in [0.2, 0.25) is 0 Å². The van der Waals surface area contributed by atoms with E-state index in [9.17, 15) is 0 Å². The Kier molecular flexibility index (Phi) is 20.0. The molecular formula is C105H118N4. The van der Waals surface area contributed by atoms with Gasteiger partial charge < -0.3 is 19.6 Å². The zero-order chi connectivity index (χ0) is 78.3. The highest BCUT2D eigenvalue weighted by atomic mass is 15.2. The first-order valence-electron chi connectivity index (χ1n) is 39.6. The minimum absolute atomic E-state index is 0.0674. The number of fused-ring (bicyclic) bond motifs is 3. The van der Waals surface area contributed by atoms with Crippen LogP contribution in [0.15, 0.2) is 279 Å². The normalized spacial score (nSPS) is 13.4. The monoisotopic (exact) mass is 1430 g/mol. The number of nitrogens with zero attached hydrogens (tertiary/aromatic N) is 4. The van der Waals surface area contributed by atoms with Gasteiger partial charge in [0.1, 0.15) is 0 Å². The summed E-state index contributed by atoms with van der Waals surface area (Å²) in [4.78, 5) is 10.1. The van der Waals surface area contributed by atoms with Crippen molar-refractivity contribution in [2.24, 2.45) is 0 Å². The molecule has 0 saturated heterocycles. The van der Waals surface area contributed by atoms with Crippen LogP contribution in [-0.2, 0) is 48.7 Å². The third kappa shape index (κ3) is 15.6. The summed E-state index contributed by atoms with van der Waals surface area (Å²) in [5.74, 6) is 0. The van der Waals surface area contributed by atoms with Gasteiger partial charge in [-0.25, -0.2) is 0 Å². The van der Waals surface area contributed by atoms with E-state index in [-0.39, 0.29) is 43.3 Å². The van der Waals surface area contributed by atoms with Crippen LogP contribution in [0, 0.1) is 0 Å². The van der Waals surface area contributed by atoms with Crippen molar-refractivity contribution in [3.63, 3.8) is 0 Å². The molecule has 0 atom stereocenters. The van der Waals surface area contributed by atoms with Crippen LogP contribution in [0.2, 0.25) is 0 Å². The van der Waals surface area contributed by atoms with Crippen LogP contribution in [0.25, 0.3) is 11.1 Å². The second-order valence-corrected chi connectivity index (χ2v) is 39.0. The second kappa shape index (κ2) is 28.4. The van der Waals surface area contributed by atoms with Crippen molar-refractivity contribution in [2.75, 3.05) is 19.6 Å². The fourth-order valence-electron chi connectivity index (χ4n) is 15.8. The summed E-state index contributed by atoms with van der Waals surface area (Å²) in [6.45, 7) is 55.4. The first kappa shape index (κ1) is 77.0. The summed E-state index contributed by atoms with van der Waals surface area (Å²) >= 11 is 0. The minimum atomic E-state index is -1.01. The van der Waals surface area contributed by atoms with Crippen LogP contribution in [0.3, 0.4) is 0 Å². The van der Waals surface area contributed by atoms with Gasteiger partial charge in [-0.3, -0.25) is 0 Å². The van der Waals surface area contributed by atoms with Crippen LogP contribution in [0.5, 0.6) is 0 Å². The van der Waals surface area contributed by atoms with Crippen molar-refractivity contribution < 1.29 is 0 Å². The number of rotatable bonds is 14. The van der Waals surface area contributed by atoms with Crippen LogP contribution in [0.1, 0.15) is 233 Å². The summed E-state index contributed by atoms with van der Waals surface area (Å²) in [6.07, 6.45) is 0. The zero-order valence-electron chi connectivity index (χ0n) is 69.8. The van der Waals surface area contributed by atoms with Crippen LogP contribution in [-0.4, -0.2) is 0 Å². The van der Waals surface area contributed by atoms with Crippen LogP contribution >= 0.6 is 0 Å². The van der Waals surface area contributed by atoms with Gasteiger partial charge in [-0.1, -0.05) is 312 Å². The second-order valence-electron chi connectivity index (χ2n) is 39.0. The first-order chi connectivity index (χ1) is 51.1. The lowest BCUT2D eigenvalue weighted by Gasteiger charge is -2.39.